The van der Waals surface area contributed by atoms with Crippen molar-refractivity contribution in [2.45, 2.75) is 52.0 Å². The van der Waals surface area contributed by atoms with Crippen molar-refractivity contribution in [2.75, 3.05) is 6.54 Å². The second kappa shape index (κ2) is 8.36. The number of β-amino-alcohol motifs (C(OH)–C–C–N with tert-alkyl or cyclic N) is 1. The summed E-state index contributed by atoms with van der Waals surface area (Å²) >= 11 is 0. The highest BCUT2D eigenvalue weighted by molar-refractivity contribution is 5.87. The summed E-state index contributed by atoms with van der Waals surface area (Å²) < 4.78 is 5.25. The lowest BCUT2D eigenvalue weighted by molar-refractivity contribution is -0.136. The predicted molar refractivity (Wildman–Crippen MR) is 99.3 cm³/mol. The smallest absolute Gasteiger partial charge is 0.408 e. The molecule has 2 amide bonds. The molecule has 0 radical (unpaired) electrons. The van der Waals surface area contributed by atoms with Gasteiger partial charge in [-0.1, -0.05) is 57.2 Å². The number of aliphatic hydroxyl groups excluding tert-OH is 1. The van der Waals surface area contributed by atoms with Gasteiger partial charge in [0.2, 0.25) is 5.91 Å². The van der Waals surface area contributed by atoms with Crippen molar-refractivity contribution in [1.82, 2.24) is 10.2 Å². The van der Waals surface area contributed by atoms with Gasteiger partial charge in [-0.15, -0.1) is 6.58 Å². The number of hydrogen-bond acceptors (Lipinski definition) is 4. The Morgan fingerprint density at radius 3 is 2.62 bits per heavy atom. The summed E-state index contributed by atoms with van der Waals surface area (Å²) in [4.78, 5) is 26.8. The van der Waals surface area contributed by atoms with Gasteiger partial charge in [0.25, 0.3) is 0 Å². The second-order valence-electron chi connectivity index (χ2n) is 7.69. The van der Waals surface area contributed by atoms with E-state index in [1.54, 1.807) is 11.0 Å². The number of amides is 2. The molecule has 6 heteroatoms. The maximum atomic E-state index is 13.0. The first kappa shape index (κ1) is 20.0. The Hall–Kier alpha value is -2.34. The lowest BCUT2D eigenvalue weighted by Gasteiger charge is -2.34. The topological polar surface area (TPSA) is 78.9 Å². The summed E-state index contributed by atoms with van der Waals surface area (Å²) in [5.74, 6) is -0.240. The summed E-state index contributed by atoms with van der Waals surface area (Å²) in [6.45, 7) is 9.74. The summed E-state index contributed by atoms with van der Waals surface area (Å²) in [5, 5.41) is 12.6. The number of benzene rings is 1. The third-order valence-corrected chi connectivity index (χ3v) is 4.46. The fourth-order valence-electron chi connectivity index (χ4n) is 3.02. The van der Waals surface area contributed by atoms with Gasteiger partial charge in [-0.25, -0.2) is 4.79 Å². The number of aliphatic hydroxyl groups is 1. The van der Waals surface area contributed by atoms with Crippen molar-refractivity contribution in [3.63, 3.8) is 0 Å². The third-order valence-electron chi connectivity index (χ3n) is 4.46. The molecule has 1 heterocycles. The van der Waals surface area contributed by atoms with Crippen LogP contribution >= 0.6 is 0 Å². The van der Waals surface area contributed by atoms with E-state index in [9.17, 15) is 14.7 Å². The maximum Gasteiger partial charge on any atom is 0.408 e. The maximum absolute atomic E-state index is 13.0. The molecule has 0 bridgehead atoms. The molecule has 2 N–H and O–H groups in total. The Labute approximate surface area is 154 Å². The molecule has 6 nitrogen and oxygen atoms in total. The molecule has 1 aromatic carbocycles. The average Bonchev–Trinajstić information content (AvgIpc) is 2.98. The molecule has 1 fully saturated rings. The Morgan fingerprint density at radius 1 is 1.38 bits per heavy atom. The zero-order valence-electron chi connectivity index (χ0n) is 15.6. The number of nitrogens with zero attached hydrogens (tertiary/aromatic N) is 1. The Kier molecular flexibility index (Phi) is 6.42. The van der Waals surface area contributed by atoms with Crippen molar-refractivity contribution in [3.05, 3.63) is 48.6 Å². The molecule has 1 aliphatic heterocycles. The van der Waals surface area contributed by atoms with E-state index in [2.05, 4.69) is 11.9 Å². The molecule has 26 heavy (non-hydrogen) atoms. The number of carbonyl (C=O) groups excluding carboxylic acids is 2. The van der Waals surface area contributed by atoms with Crippen LogP contribution in [0.3, 0.4) is 0 Å². The van der Waals surface area contributed by atoms with Gasteiger partial charge in [0.15, 0.2) is 0 Å². The highest BCUT2D eigenvalue weighted by Gasteiger charge is 2.41. The molecular weight excluding hydrogens is 332 g/mol. The molecule has 0 spiro atoms. The van der Waals surface area contributed by atoms with E-state index in [0.29, 0.717) is 6.42 Å². The van der Waals surface area contributed by atoms with Crippen LogP contribution in [0.25, 0.3) is 0 Å². The van der Waals surface area contributed by atoms with Crippen LogP contribution in [-0.2, 0) is 16.1 Å². The molecule has 1 saturated heterocycles. The van der Waals surface area contributed by atoms with Gasteiger partial charge in [-0.05, 0) is 17.4 Å². The molecule has 1 aliphatic rings. The van der Waals surface area contributed by atoms with Crippen molar-refractivity contribution >= 4 is 12.0 Å². The van der Waals surface area contributed by atoms with Crippen molar-refractivity contribution in [1.29, 1.82) is 0 Å². The molecule has 142 valence electrons. The van der Waals surface area contributed by atoms with Crippen LogP contribution in [0.4, 0.5) is 4.79 Å². The highest BCUT2D eigenvalue weighted by atomic mass is 16.5. The standard InChI is InChI=1S/C20H28N2O4/c1-5-15-11-16(23)12-22(15)18(24)17(20(2,3)4)21-19(25)26-13-14-9-7-6-8-10-14/h5-10,15-17,23H,1,11-13H2,2-4H3,(H,21,25)/t15-,16-,17-/m1/s1. The minimum absolute atomic E-state index is 0.134. The molecule has 0 aromatic heterocycles. The number of carbonyl (C=O) groups is 2. The lowest BCUT2D eigenvalue weighted by atomic mass is 9.85. The van der Waals surface area contributed by atoms with E-state index < -0.39 is 23.7 Å². The van der Waals surface area contributed by atoms with E-state index >= 15 is 0 Å². The molecular formula is C20H28N2O4. The normalized spacial score (nSPS) is 21.2. The van der Waals surface area contributed by atoms with Gasteiger partial charge in [0.1, 0.15) is 12.6 Å². The molecule has 0 unspecified atom stereocenters. The summed E-state index contributed by atoms with van der Waals surface area (Å²) in [5.41, 5.74) is 0.359. The van der Waals surface area contributed by atoms with Crippen LogP contribution in [0, 0.1) is 5.41 Å². The lowest BCUT2D eigenvalue weighted by Crippen LogP contribution is -2.55. The summed E-state index contributed by atoms with van der Waals surface area (Å²) in [6, 6.07) is 8.35. The molecule has 2 rings (SSSR count). The summed E-state index contributed by atoms with van der Waals surface area (Å²) in [7, 11) is 0. The molecule has 0 aliphatic carbocycles. The van der Waals surface area contributed by atoms with Gasteiger partial charge < -0.3 is 20.1 Å². The number of alkyl carbamates (subject to hydrolysis) is 1. The van der Waals surface area contributed by atoms with Crippen LogP contribution in [0.5, 0.6) is 0 Å². The van der Waals surface area contributed by atoms with Crippen LogP contribution in [0.15, 0.2) is 43.0 Å². The van der Waals surface area contributed by atoms with Crippen molar-refractivity contribution < 1.29 is 19.4 Å². The van der Waals surface area contributed by atoms with Gasteiger partial charge in [-0.2, -0.15) is 0 Å². The zero-order chi connectivity index (χ0) is 19.3. The zero-order valence-corrected chi connectivity index (χ0v) is 15.6. The average molecular weight is 360 g/mol. The third kappa shape index (κ3) is 5.08. The first-order valence-corrected chi connectivity index (χ1v) is 8.80. The first-order valence-electron chi connectivity index (χ1n) is 8.80. The second-order valence-corrected chi connectivity index (χ2v) is 7.69. The minimum Gasteiger partial charge on any atom is -0.445 e. The fourth-order valence-corrected chi connectivity index (χ4v) is 3.02. The predicted octanol–water partition coefficient (Wildman–Crippen LogP) is 2.48. The van der Waals surface area contributed by atoms with Crippen LogP contribution in [-0.4, -0.2) is 46.7 Å². The SMILES string of the molecule is C=C[C@@H]1C[C@@H](O)CN1C(=O)[C@@H](NC(=O)OCc1ccccc1)C(C)(C)C. The number of hydrogen-bond donors (Lipinski definition) is 2. The van der Waals surface area contributed by atoms with E-state index in [4.69, 9.17) is 4.74 Å². The van der Waals surface area contributed by atoms with Crippen molar-refractivity contribution in [2.24, 2.45) is 5.41 Å². The van der Waals surface area contributed by atoms with Crippen LogP contribution in [0.2, 0.25) is 0 Å². The quantitative estimate of drug-likeness (QED) is 0.791. The number of ether oxygens (including phenoxy) is 1. The molecule has 0 saturated carbocycles. The first-order chi connectivity index (χ1) is 12.2. The minimum atomic E-state index is -0.765. The Balaban J connectivity index is 2.04. The van der Waals surface area contributed by atoms with Crippen LogP contribution in [0.1, 0.15) is 32.8 Å². The van der Waals surface area contributed by atoms with E-state index in [1.807, 2.05) is 51.1 Å². The van der Waals surface area contributed by atoms with Crippen LogP contribution < -0.4 is 5.32 Å². The number of nitrogens with one attached hydrogen (secondary N) is 1. The van der Waals surface area contributed by atoms with E-state index in [1.165, 1.54) is 0 Å². The van der Waals surface area contributed by atoms with Gasteiger partial charge in [-0.3, -0.25) is 4.79 Å². The Morgan fingerprint density at radius 2 is 2.04 bits per heavy atom. The Bertz CT molecular complexity index is 639. The molecule has 1 aromatic rings. The van der Waals surface area contributed by atoms with E-state index in [0.717, 1.165) is 5.56 Å². The highest BCUT2D eigenvalue weighted by Crippen LogP contribution is 2.26. The number of rotatable bonds is 5. The number of likely N-dealkylation sites (tertiary alicyclic amines) is 1. The van der Waals surface area contributed by atoms with E-state index in [-0.39, 0.29) is 25.1 Å². The fraction of sp³-hybridized carbons (Fsp3) is 0.500. The van der Waals surface area contributed by atoms with Gasteiger partial charge >= 0.3 is 6.09 Å². The molecule has 3 atom stereocenters. The van der Waals surface area contributed by atoms with Crippen molar-refractivity contribution in [3.8, 4) is 0 Å². The summed E-state index contributed by atoms with van der Waals surface area (Å²) in [6.07, 6.45) is 0.899. The largest absolute Gasteiger partial charge is 0.445 e. The van der Waals surface area contributed by atoms with Gasteiger partial charge in [0, 0.05) is 6.54 Å². The van der Waals surface area contributed by atoms with Gasteiger partial charge in [0.05, 0.1) is 12.1 Å². The monoisotopic (exact) mass is 360 g/mol.